The van der Waals surface area contributed by atoms with Crippen LogP contribution < -0.4 is 5.32 Å². The number of nitrogens with one attached hydrogen (secondary N) is 2. The number of para-hydroxylation sites is 1. The summed E-state index contributed by atoms with van der Waals surface area (Å²) in [4.78, 5) is 19.3. The van der Waals surface area contributed by atoms with E-state index in [-0.39, 0.29) is 5.91 Å². The first kappa shape index (κ1) is 13.4. The number of nitrogens with zero attached hydrogens (tertiary/aromatic N) is 1. The van der Waals surface area contributed by atoms with Crippen LogP contribution in [-0.2, 0) is 17.8 Å². The van der Waals surface area contributed by atoms with Crippen molar-refractivity contribution in [2.75, 3.05) is 0 Å². The third-order valence-electron chi connectivity index (χ3n) is 3.49. The molecule has 106 valence electrons. The topological polar surface area (TPSA) is 57.8 Å². The Labute approximate surface area is 123 Å². The molecule has 0 unspecified atom stereocenters. The summed E-state index contributed by atoms with van der Waals surface area (Å²) in [5, 5.41) is 4.09. The lowest BCUT2D eigenvalue weighted by atomic mass is 10.1. The molecular weight excluding hydrogens is 262 g/mol. The summed E-state index contributed by atoms with van der Waals surface area (Å²) in [6.45, 7) is 0.480. The molecule has 0 radical (unpaired) electrons. The number of rotatable bonds is 5. The van der Waals surface area contributed by atoms with Crippen molar-refractivity contribution in [2.24, 2.45) is 0 Å². The molecule has 2 heterocycles. The normalized spacial score (nSPS) is 10.7. The number of carbonyl (C=O) groups is 1. The smallest absolute Gasteiger partial charge is 0.220 e. The molecule has 4 heteroatoms. The lowest BCUT2D eigenvalue weighted by molar-refractivity contribution is -0.121. The second-order valence-corrected chi connectivity index (χ2v) is 4.96. The summed E-state index contributed by atoms with van der Waals surface area (Å²) in [6.07, 6.45) is 4.93. The third kappa shape index (κ3) is 3.28. The van der Waals surface area contributed by atoms with Gasteiger partial charge in [0.15, 0.2) is 0 Å². The number of hydrogen-bond donors (Lipinski definition) is 2. The van der Waals surface area contributed by atoms with E-state index in [1.165, 1.54) is 10.9 Å². The highest BCUT2D eigenvalue weighted by atomic mass is 16.1. The summed E-state index contributed by atoms with van der Waals surface area (Å²) in [6, 6.07) is 13.8. The standard InChI is InChI=1S/C17H17N3O/c21-17(20-12-14-5-3-4-10-18-14)9-8-13-11-19-16-7-2-1-6-15(13)16/h1-7,10-11,19H,8-9,12H2,(H,20,21). The van der Waals surface area contributed by atoms with Gasteiger partial charge in [-0.1, -0.05) is 24.3 Å². The predicted molar refractivity (Wildman–Crippen MR) is 82.7 cm³/mol. The van der Waals surface area contributed by atoms with Crippen molar-refractivity contribution < 1.29 is 4.79 Å². The maximum absolute atomic E-state index is 11.9. The molecule has 2 aromatic heterocycles. The molecule has 2 N–H and O–H groups in total. The number of hydrogen-bond acceptors (Lipinski definition) is 2. The second-order valence-electron chi connectivity index (χ2n) is 4.96. The van der Waals surface area contributed by atoms with E-state index in [9.17, 15) is 4.79 Å². The van der Waals surface area contributed by atoms with Crippen LogP contribution in [-0.4, -0.2) is 15.9 Å². The van der Waals surface area contributed by atoms with Gasteiger partial charge in [0.2, 0.25) is 5.91 Å². The largest absolute Gasteiger partial charge is 0.361 e. The molecule has 0 aliphatic carbocycles. The summed E-state index contributed by atoms with van der Waals surface area (Å²) >= 11 is 0. The van der Waals surface area contributed by atoms with Crippen LogP contribution in [0, 0.1) is 0 Å². The molecule has 0 atom stereocenters. The van der Waals surface area contributed by atoms with Gasteiger partial charge in [0, 0.05) is 29.7 Å². The zero-order chi connectivity index (χ0) is 14.5. The molecule has 4 nitrogen and oxygen atoms in total. The summed E-state index contributed by atoms with van der Waals surface area (Å²) in [5.41, 5.74) is 3.16. The number of fused-ring (bicyclic) bond motifs is 1. The molecule has 0 saturated carbocycles. The van der Waals surface area contributed by atoms with Gasteiger partial charge in [-0.3, -0.25) is 9.78 Å². The molecule has 0 bridgehead atoms. The average molecular weight is 279 g/mol. The summed E-state index contributed by atoms with van der Waals surface area (Å²) in [5.74, 6) is 0.0472. The Hall–Kier alpha value is -2.62. The van der Waals surface area contributed by atoms with Gasteiger partial charge in [-0.05, 0) is 30.2 Å². The van der Waals surface area contributed by atoms with Crippen LogP contribution in [0.1, 0.15) is 17.7 Å². The van der Waals surface area contributed by atoms with E-state index in [4.69, 9.17) is 0 Å². The maximum atomic E-state index is 11.9. The number of benzene rings is 1. The fourth-order valence-corrected chi connectivity index (χ4v) is 2.37. The second kappa shape index (κ2) is 6.22. The van der Waals surface area contributed by atoms with Crippen molar-refractivity contribution in [2.45, 2.75) is 19.4 Å². The van der Waals surface area contributed by atoms with Crippen LogP contribution >= 0.6 is 0 Å². The Bertz CT molecular complexity index is 734. The van der Waals surface area contributed by atoms with Gasteiger partial charge < -0.3 is 10.3 Å². The van der Waals surface area contributed by atoms with Gasteiger partial charge in [0.1, 0.15) is 0 Å². The monoisotopic (exact) mass is 279 g/mol. The first-order valence-electron chi connectivity index (χ1n) is 7.04. The Kier molecular flexibility index (Phi) is 3.96. The third-order valence-corrected chi connectivity index (χ3v) is 3.49. The number of pyridine rings is 1. The Morgan fingerprint density at radius 2 is 2.00 bits per heavy atom. The molecule has 0 fully saturated rings. The highest BCUT2D eigenvalue weighted by Gasteiger charge is 2.06. The molecule has 3 rings (SSSR count). The number of amides is 1. The lowest BCUT2D eigenvalue weighted by Gasteiger charge is -2.04. The molecule has 1 amide bonds. The van der Waals surface area contributed by atoms with E-state index in [1.807, 2.05) is 42.6 Å². The van der Waals surface area contributed by atoms with E-state index in [2.05, 4.69) is 21.4 Å². The summed E-state index contributed by atoms with van der Waals surface area (Å²) in [7, 11) is 0. The van der Waals surface area contributed by atoms with Crippen molar-refractivity contribution in [3.63, 3.8) is 0 Å². The van der Waals surface area contributed by atoms with Crippen LogP contribution in [0.25, 0.3) is 10.9 Å². The lowest BCUT2D eigenvalue weighted by Crippen LogP contribution is -2.23. The molecule has 0 aliphatic heterocycles. The minimum absolute atomic E-state index is 0.0472. The minimum Gasteiger partial charge on any atom is -0.361 e. The van der Waals surface area contributed by atoms with Crippen LogP contribution in [0.3, 0.4) is 0 Å². The maximum Gasteiger partial charge on any atom is 0.220 e. The summed E-state index contributed by atoms with van der Waals surface area (Å²) < 4.78 is 0. The Balaban J connectivity index is 1.54. The van der Waals surface area contributed by atoms with Crippen molar-refractivity contribution >= 4 is 16.8 Å². The number of aromatic amines is 1. The number of aryl methyl sites for hydroxylation is 1. The molecule has 0 aliphatic rings. The number of carbonyl (C=O) groups excluding carboxylic acids is 1. The van der Waals surface area contributed by atoms with Gasteiger partial charge >= 0.3 is 0 Å². The molecule has 21 heavy (non-hydrogen) atoms. The van der Waals surface area contributed by atoms with Gasteiger partial charge in [0.25, 0.3) is 0 Å². The van der Waals surface area contributed by atoms with Crippen molar-refractivity contribution in [3.05, 3.63) is 66.1 Å². The number of H-pyrrole nitrogens is 1. The van der Waals surface area contributed by atoms with Crippen LogP contribution in [0.4, 0.5) is 0 Å². The fraction of sp³-hybridized carbons (Fsp3) is 0.176. The zero-order valence-electron chi connectivity index (χ0n) is 11.7. The molecule has 3 aromatic rings. The van der Waals surface area contributed by atoms with E-state index in [0.29, 0.717) is 13.0 Å². The SMILES string of the molecule is O=C(CCc1c[nH]c2ccccc12)NCc1ccccn1. The minimum atomic E-state index is 0.0472. The van der Waals surface area contributed by atoms with Gasteiger partial charge in [0.05, 0.1) is 12.2 Å². The first-order chi connectivity index (χ1) is 10.3. The quantitative estimate of drug-likeness (QED) is 0.754. The zero-order valence-corrected chi connectivity index (χ0v) is 11.7. The van der Waals surface area contributed by atoms with Crippen LogP contribution in [0.15, 0.2) is 54.9 Å². The fourth-order valence-electron chi connectivity index (χ4n) is 2.37. The van der Waals surface area contributed by atoms with Crippen LogP contribution in [0.2, 0.25) is 0 Å². The van der Waals surface area contributed by atoms with Crippen molar-refractivity contribution in [1.82, 2.24) is 15.3 Å². The van der Waals surface area contributed by atoms with E-state index < -0.39 is 0 Å². The average Bonchev–Trinajstić information content (AvgIpc) is 2.95. The van der Waals surface area contributed by atoms with E-state index in [1.54, 1.807) is 6.20 Å². The van der Waals surface area contributed by atoms with E-state index >= 15 is 0 Å². The molecular formula is C17H17N3O. The Morgan fingerprint density at radius 1 is 1.14 bits per heavy atom. The van der Waals surface area contributed by atoms with Gasteiger partial charge in [-0.2, -0.15) is 0 Å². The van der Waals surface area contributed by atoms with Crippen molar-refractivity contribution in [3.8, 4) is 0 Å². The van der Waals surface area contributed by atoms with Crippen molar-refractivity contribution in [1.29, 1.82) is 0 Å². The highest BCUT2D eigenvalue weighted by molar-refractivity contribution is 5.84. The van der Waals surface area contributed by atoms with Gasteiger partial charge in [-0.15, -0.1) is 0 Å². The number of aromatic nitrogens is 2. The van der Waals surface area contributed by atoms with Gasteiger partial charge in [-0.25, -0.2) is 0 Å². The van der Waals surface area contributed by atoms with Crippen LogP contribution in [0.5, 0.6) is 0 Å². The Morgan fingerprint density at radius 3 is 2.86 bits per heavy atom. The predicted octanol–water partition coefficient (Wildman–Crippen LogP) is 2.81. The first-order valence-corrected chi connectivity index (χ1v) is 7.04. The highest BCUT2D eigenvalue weighted by Crippen LogP contribution is 2.18. The molecule has 1 aromatic carbocycles. The molecule has 0 saturated heterocycles. The van der Waals surface area contributed by atoms with E-state index in [0.717, 1.165) is 17.6 Å². The molecule has 0 spiro atoms.